The van der Waals surface area contributed by atoms with Crippen molar-refractivity contribution in [2.24, 2.45) is 5.92 Å². The second-order valence-corrected chi connectivity index (χ2v) is 3.85. The quantitative estimate of drug-likeness (QED) is 0.646. The molecule has 5 nitrogen and oxygen atoms in total. The first-order valence-electron chi connectivity index (χ1n) is 4.76. The third-order valence-corrected chi connectivity index (χ3v) is 2.35. The summed E-state index contributed by atoms with van der Waals surface area (Å²) in [6.45, 7) is 5.04. The first kappa shape index (κ1) is 11.0. The minimum Gasteiger partial charge on any atom is -0.480 e. The Bertz CT molecular complexity index is 240. The van der Waals surface area contributed by atoms with Gasteiger partial charge in [0.25, 0.3) is 0 Å². The Morgan fingerprint density at radius 1 is 1.57 bits per heavy atom. The predicted octanol–water partition coefficient (Wildman–Crippen LogP) is -0.473. The van der Waals surface area contributed by atoms with Gasteiger partial charge >= 0.3 is 5.97 Å². The molecule has 0 radical (unpaired) electrons. The van der Waals surface area contributed by atoms with Gasteiger partial charge < -0.3 is 10.4 Å². The van der Waals surface area contributed by atoms with Gasteiger partial charge in [-0.1, -0.05) is 13.8 Å². The lowest BCUT2D eigenvalue weighted by molar-refractivity contribution is -0.146. The van der Waals surface area contributed by atoms with Gasteiger partial charge in [-0.05, 0) is 5.92 Å². The van der Waals surface area contributed by atoms with Gasteiger partial charge in [0.05, 0.1) is 6.54 Å². The van der Waals surface area contributed by atoms with E-state index in [1.54, 1.807) is 4.90 Å². The molecule has 0 aromatic carbocycles. The fourth-order valence-electron chi connectivity index (χ4n) is 1.76. The van der Waals surface area contributed by atoms with E-state index >= 15 is 0 Å². The number of nitrogens with one attached hydrogen (secondary N) is 1. The van der Waals surface area contributed by atoms with Crippen molar-refractivity contribution in [3.8, 4) is 0 Å². The molecule has 0 aromatic heterocycles. The van der Waals surface area contributed by atoms with Gasteiger partial charge in [-0.15, -0.1) is 0 Å². The van der Waals surface area contributed by atoms with E-state index < -0.39 is 12.0 Å². The molecule has 1 heterocycles. The Hall–Kier alpha value is -1.10. The van der Waals surface area contributed by atoms with Crippen molar-refractivity contribution in [3.63, 3.8) is 0 Å². The Morgan fingerprint density at radius 2 is 2.21 bits per heavy atom. The monoisotopic (exact) mass is 200 g/mol. The summed E-state index contributed by atoms with van der Waals surface area (Å²) < 4.78 is 0. The number of hydrogen-bond acceptors (Lipinski definition) is 3. The number of carboxylic acid groups (broad SMARTS) is 1. The molecule has 5 heteroatoms. The van der Waals surface area contributed by atoms with Crippen LogP contribution in [0.3, 0.4) is 0 Å². The molecule has 0 spiro atoms. The van der Waals surface area contributed by atoms with E-state index in [9.17, 15) is 9.59 Å². The van der Waals surface area contributed by atoms with Crippen LogP contribution in [-0.4, -0.2) is 47.6 Å². The molecule has 1 saturated heterocycles. The second-order valence-electron chi connectivity index (χ2n) is 3.85. The van der Waals surface area contributed by atoms with E-state index in [2.05, 4.69) is 5.32 Å². The summed E-state index contributed by atoms with van der Waals surface area (Å²) in [5.74, 6) is -0.934. The molecule has 1 atom stereocenters. The van der Waals surface area contributed by atoms with Crippen LogP contribution in [0.5, 0.6) is 0 Å². The van der Waals surface area contributed by atoms with E-state index in [1.165, 1.54) is 0 Å². The zero-order chi connectivity index (χ0) is 10.7. The molecule has 0 aliphatic carbocycles. The number of piperazine rings is 1. The van der Waals surface area contributed by atoms with Gasteiger partial charge in [0.2, 0.25) is 5.91 Å². The number of carbonyl (C=O) groups is 2. The maximum absolute atomic E-state index is 11.1. The van der Waals surface area contributed by atoms with Gasteiger partial charge in [-0.25, -0.2) is 0 Å². The Balaban J connectivity index is 2.67. The summed E-state index contributed by atoms with van der Waals surface area (Å²) in [6, 6.07) is -0.555. The van der Waals surface area contributed by atoms with E-state index in [0.29, 0.717) is 13.1 Å². The molecule has 1 amide bonds. The standard InChI is InChI=1S/C9H16N2O3/c1-6(2)8(9(13)14)11-4-3-10-7(12)5-11/h6,8H,3-5H2,1-2H3,(H,10,12)(H,13,14)/t8-/m0/s1. The van der Waals surface area contributed by atoms with Crippen LogP contribution < -0.4 is 5.32 Å². The van der Waals surface area contributed by atoms with Crippen molar-refractivity contribution in [2.75, 3.05) is 19.6 Å². The smallest absolute Gasteiger partial charge is 0.321 e. The second kappa shape index (κ2) is 4.41. The van der Waals surface area contributed by atoms with E-state index in [0.717, 1.165) is 0 Å². The molecule has 1 fully saturated rings. The fraction of sp³-hybridized carbons (Fsp3) is 0.778. The molecule has 2 N–H and O–H groups in total. The van der Waals surface area contributed by atoms with Gasteiger partial charge in [-0.3, -0.25) is 14.5 Å². The molecule has 14 heavy (non-hydrogen) atoms. The highest BCUT2D eigenvalue weighted by atomic mass is 16.4. The van der Waals surface area contributed by atoms with Crippen LogP contribution in [0.1, 0.15) is 13.8 Å². The minimum atomic E-state index is -0.852. The SMILES string of the molecule is CC(C)[C@@H](C(=O)O)N1CCNC(=O)C1. The Morgan fingerprint density at radius 3 is 2.64 bits per heavy atom. The fourth-order valence-corrected chi connectivity index (χ4v) is 1.76. The highest BCUT2D eigenvalue weighted by Crippen LogP contribution is 2.11. The van der Waals surface area contributed by atoms with Gasteiger partial charge in [0.15, 0.2) is 0 Å². The number of carbonyl (C=O) groups excluding carboxylic acids is 1. The topological polar surface area (TPSA) is 69.6 Å². The van der Waals surface area contributed by atoms with Crippen LogP contribution in [0, 0.1) is 5.92 Å². The zero-order valence-corrected chi connectivity index (χ0v) is 8.49. The van der Waals surface area contributed by atoms with Crippen molar-refractivity contribution in [2.45, 2.75) is 19.9 Å². The van der Waals surface area contributed by atoms with Crippen molar-refractivity contribution in [3.05, 3.63) is 0 Å². The van der Waals surface area contributed by atoms with Crippen LogP contribution >= 0.6 is 0 Å². The first-order chi connectivity index (χ1) is 6.52. The largest absolute Gasteiger partial charge is 0.480 e. The molecular weight excluding hydrogens is 184 g/mol. The van der Waals surface area contributed by atoms with Gasteiger partial charge in [0, 0.05) is 13.1 Å². The van der Waals surface area contributed by atoms with Crippen LogP contribution in [0.4, 0.5) is 0 Å². The number of carboxylic acids is 1. The highest BCUT2D eigenvalue weighted by Gasteiger charge is 2.31. The van der Waals surface area contributed by atoms with Crippen molar-refractivity contribution >= 4 is 11.9 Å². The number of rotatable bonds is 3. The summed E-state index contributed by atoms with van der Waals surface area (Å²) in [5.41, 5.74) is 0. The number of aliphatic carboxylic acids is 1. The molecule has 0 unspecified atom stereocenters. The summed E-state index contributed by atoms with van der Waals surface area (Å²) in [4.78, 5) is 23.8. The summed E-state index contributed by atoms with van der Waals surface area (Å²) >= 11 is 0. The molecule has 1 aliphatic rings. The maximum atomic E-state index is 11.1. The van der Waals surface area contributed by atoms with Crippen LogP contribution in [0.25, 0.3) is 0 Å². The summed E-state index contributed by atoms with van der Waals surface area (Å²) in [5, 5.41) is 11.7. The molecule has 0 saturated carbocycles. The van der Waals surface area contributed by atoms with Crippen LogP contribution in [0.15, 0.2) is 0 Å². The average molecular weight is 200 g/mol. The molecule has 1 rings (SSSR count). The third kappa shape index (κ3) is 2.45. The van der Waals surface area contributed by atoms with E-state index in [-0.39, 0.29) is 18.4 Å². The van der Waals surface area contributed by atoms with Crippen molar-refractivity contribution in [1.82, 2.24) is 10.2 Å². The van der Waals surface area contributed by atoms with Crippen LogP contribution in [-0.2, 0) is 9.59 Å². The third-order valence-electron chi connectivity index (χ3n) is 2.35. The lowest BCUT2D eigenvalue weighted by Crippen LogP contribution is -2.55. The van der Waals surface area contributed by atoms with Crippen molar-refractivity contribution < 1.29 is 14.7 Å². The van der Waals surface area contributed by atoms with Crippen molar-refractivity contribution in [1.29, 1.82) is 0 Å². The number of hydrogen-bond donors (Lipinski definition) is 2. The normalized spacial score (nSPS) is 20.6. The lowest BCUT2D eigenvalue weighted by atomic mass is 10.0. The summed E-state index contributed by atoms with van der Waals surface area (Å²) in [6.07, 6.45) is 0. The average Bonchev–Trinajstić information content (AvgIpc) is 2.02. The van der Waals surface area contributed by atoms with E-state index in [1.807, 2.05) is 13.8 Å². The molecule has 80 valence electrons. The predicted molar refractivity (Wildman–Crippen MR) is 50.8 cm³/mol. The van der Waals surface area contributed by atoms with Crippen LogP contribution in [0.2, 0.25) is 0 Å². The maximum Gasteiger partial charge on any atom is 0.321 e. The van der Waals surface area contributed by atoms with E-state index in [4.69, 9.17) is 5.11 Å². The number of nitrogens with zero attached hydrogens (tertiary/aromatic N) is 1. The molecule has 0 aromatic rings. The lowest BCUT2D eigenvalue weighted by Gasteiger charge is -2.33. The Labute approximate surface area is 83.1 Å². The molecule has 0 bridgehead atoms. The highest BCUT2D eigenvalue weighted by molar-refractivity contribution is 5.80. The van der Waals surface area contributed by atoms with Gasteiger partial charge in [-0.2, -0.15) is 0 Å². The molecule has 1 aliphatic heterocycles. The molecular formula is C9H16N2O3. The van der Waals surface area contributed by atoms with Gasteiger partial charge in [0.1, 0.15) is 6.04 Å². The summed E-state index contributed by atoms with van der Waals surface area (Å²) in [7, 11) is 0. The minimum absolute atomic E-state index is 0.0124. The number of amides is 1. The first-order valence-corrected chi connectivity index (χ1v) is 4.76. The Kier molecular flexibility index (Phi) is 3.46. The zero-order valence-electron chi connectivity index (χ0n) is 8.49.